The van der Waals surface area contributed by atoms with E-state index in [1.54, 1.807) is 50.6 Å². The van der Waals surface area contributed by atoms with Crippen LogP contribution in [0.15, 0.2) is 66.9 Å². The van der Waals surface area contributed by atoms with Crippen molar-refractivity contribution in [1.29, 1.82) is 0 Å². The molecular formula is C24H21FN4O2. The Kier molecular flexibility index (Phi) is 5.49. The van der Waals surface area contributed by atoms with Gasteiger partial charge in [0.2, 0.25) is 0 Å². The molecule has 0 atom stereocenters. The molecule has 0 spiro atoms. The van der Waals surface area contributed by atoms with Crippen molar-refractivity contribution < 1.29 is 13.9 Å². The maximum Gasteiger partial charge on any atom is 0.253 e. The van der Waals surface area contributed by atoms with Crippen molar-refractivity contribution >= 4 is 28.3 Å². The molecule has 0 aliphatic heterocycles. The van der Waals surface area contributed by atoms with E-state index in [2.05, 4.69) is 15.3 Å². The number of aryl methyl sites for hydroxylation is 1. The summed E-state index contributed by atoms with van der Waals surface area (Å²) in [4.78, 5) is 22.2. The zero-order valence-corrected chi connectivity index (χ0v) is 17.4. The molecule has 0 aliphatic carbocycles. The standard InChI is InChI=1S/C24H21FN4O2/c1-15-4-9-21-22(10-11-26-23(21)27-15)28-18-12-17(25)13-20(14-18)31-19-7-5-16(6-8-19)24(30)29(2)3/h4-14H,1-3H3,(H,26,27,28). The Labute approximate surface area is 179 Å². The lowest BCUT2D eigenvalue weighted by molar-refractivity contribution is 0.0827. The molecule has 0 bridgehead atoms. The topological polar surface area (TPSA) is 67.3 Å². The molecule has 4 rings (SSSR count). The van der Waals surface area contributed by atoms with Gasteiger partial charge in [-0.3, -0.25) is 4.79 Å². The highest BCUT2D eigenvalue weighted by Crippen LogP contribution is 2.30. The van der Waals surface area contributed by atoms with Crippen LogP contribution in [0.2, 0.25) is 0 Å². The highest BCUT2D eigenvalue weighted by molar-refractivity contribution is 5.94. The number of aromatic nitrogens is 2. The Morgan fingerprint density at radius 3 is 2.52 bits per heavy atom. The van der Waals surface area contributed by atoms with Crippen LogP contribution in [0, 0.1) is 12.7 Å². The zero-order chi connectivity index (χ0) is 22.0. The lowest BCUT2D eigenvalue weighted by Gasteiger charge is -2.13. The van der Waals surface area contributed by atoms with Gasteiger partial charge in [-0.05, 0) is 55.5 Å². The fourth-order valence-electron chi connectivity index (χ4n) is 3.14. The Morgan fingerprint density at radius 1 is 1.00 bits per heavy atom. The largest absolute Gasteiger partial charge is 0.457 e. The van der Waals surface area contributed by atoms with Crippen molar-refractivity contribution in [3.05, 3.63) is 83.9 Å². The summed E-state index contributed by atoms with van der Waals surface area (Å²) in [6.07, 6.45) is 1.66. The normalized spacial score (nSPS) is 10.7. The highest BCUT2D eigenvalue weighted by Gasteiger charge is 2.10. The number of ether oxygens (including phenoxy) is 1. The fraction of sp³-hybridized carbons (Fsp3) is 0.125. The molecule has 2 aromatic heterocycles. The molecule has 0 saturated carbocycles. The van der Waals surface area contributed by atoms with Gasteiger partial charge in [0, 0.05) is 54.8 Å². The van der Waals surface area contributed by atoms with Crippen LogP contribution in [-0.4, -0.2) is 34.9 Å². The molecule has 31 heavy (non-hydrogen) atoms. The minimum Gasteiger partial charge on any atom is -0.457 e. The average molecular weight is 416 g/mol. The molecule has 2 heterocycles. The van der Waals surface area contributed by atoms with E-state index in [-0.39, 0.29) is 5.91 Å². The first kappa shape index (κ1) is 20.3. The molecule has 0 fully saturated rings. The maximum absolute atomic E-state index is 14.3. The van der Waals surface area contributed by atoms with Crippen LogP contribution in [0.25, 0.3) is 11.0 Å². The molecule has 7 heteroatoms. The number of rotatable bonds is 5. The van der Waals surface area contributed by atoms with Crippen molar-refractivity contribution in [3.63, 3.8) is 0 Å². The van der Waals surface area contributed by atoms with Gasteiger partial charge in [0.05, 0.1) is 5.69 Å². The van der Waals surface area contributed by atoms with E-state index in [4.69, 9.17) is 4.74 Å². The van der Waals surface area contributed by atoms with Gasteiger partial charge in [-0.25, -0.2) is 14.4 Å². The SMILES string of the molecule is Cc1ccc2c(Nc3cc(F)cc(Oc4ccc(C(=O)N(C)C)cc4)c3)ccnc2n1. The van der Waals surface area contributed by atoms with E-state index in [0.717, 1.165) is 16.8 Å². The van der Waals surface area contributed by atoms with Crippen LogP contribution in [0.4, 0.5) is 15.8 Å². The Balaban J connectivity index is 1.57. The predicted octanol–water partition coefficient (Wildman–Crippen LogP) is 5.32. The summed E-state index contributed by atoms with van der Waals surface area (Å²) < 4.78 is 20.1. The second-order valence-electron chi connectivity index (χ2n) is 7.31. The van der Waals surface area contributed by atoms with Gasteiger partial charge in [-0.2, -0.15) is 0 Å². The predicted molar refractivity (Wildman–Crippen MR) is 118 cm³/mol. The third-order valence-electron chi connectivity index (χ3n) is 4.64. The van der Waals surface area contributed by atoms with Crippen LogP contribution >= 0.6 is 0 Å². The minimum atomic E-state index is -0.438. The van der Waals surface area contributed by atoms with Crippen LogP contribution in [0.5, 0.6) is 11.5 Å². The van der Waals surface area contributed by atoms with Crippen molar-refractivity contribution in [3.8, 4) is 11.5 Å². The first-order chi connectivity index (χ1) is 14.9. The van der Waals surface area contributed by atoms with E-state index in [0.29, 0.717) is 28.4 Å². The van der Waals surface area contributed by atoms with E-state index >= 15 is 0 Å². The average Bonchev–Trinajstić information content (AvgIpc) is 2.73. The number of nitrogens with zero attached hydrogens (tertiary/aromatic N) is 3. The number of carbonyl (C=O) groups excluding carboxylic acids is 1. The van der Waals surface area contributed by atoms with E-state index < -0.39 is 5.82 Å². The first-order valence-corrected chi connectivity index (χ1v) is 9.68. The number of halogens is 1. The number of pyridine rings is 2. The Hall–Kier alpha value is -4.00. The molecule has 6 nitrogen and oxygen atoms in total. The number of anilines is 2. The second-order valence-corrected chi connectivity index (χ2v) is 7.31. The van der Waals surface area contributed by atoms with Gasteiger partial charge in [0.15, 0.2) is 5.65 Å². The number of hydrogen-bond donors (Lipinski definition) is 1. The van der Waals surface area contributed by atoms with Gasteiger partial charge in [0.25, 0.3) is 5.91 Å². The quantitative estimate of drug-likeness (QED) is 0.477. The molecule has 1 amide bonds. The van der Waals surface area contributed by atoms with Crippen molar-refractivity contribution in [2.75, 3.05) is 19.4 Å². The second kappa shape index (κ2) is 8.39. The van der Waals surface area contributed by atoms with E-state index in [9.17, 15) is 9.18 Å². The van der Waals surface area contributed by atoms with Gasteiger partial charge >= 0.3 is 0 Å². The monoisotopic (exact) mass is 416 g/mol. The number of fused-ring (bicyclic) bond motifs is 1. The van der Waals surface area contributed by atoms with E-state index in [1.807, 2.05) is 25.1 Å². The first-order valence-electron chi connectivity index (χ1n) is 9.68. The van der Waals surface area contributed by atoms with Crippen LogP contribution in [-0.2, 0) is 0 Å². The third-order valence-corrected chi connectivity index (χ3v) is 4.64. The minimum absolute atomic E-state index is 0.0990. The summed E-state index contributed by atoms with van der Waals surface area (Å²) in [5.41, 5.74) is 3.33. The van der Waals surface area contributed by atoms with Crippen LogP contribution < -0.4 is 10.1 Å². The van der Waals surface area contributed by atoms with Gasteiger partial charge in [-0.1, -0.05) is 0 Å². The number of carbonyl (C=O) groups is 1. The summed E-state index contributed by atoms with van der Waals surface area (Å²) in [6, 6.07) is 16.8. The lowest BCUT2D eigenvalue weighted by atomic mass is 10.2. The zero-order valence-electron chi connectivity index (χ0n) is 17.4. The number of nitrogens with one attached hydrogen (secondary N) is 1. The van der Waals surface area contributed by atoms with E-state index in [1.165, 1.54) is 17.0 Å². The number of amides is 1. The smallest absolute Gasteiger partial charge is 0.253 e. The molecule has 1 N–H and O–H groups in total. The highest BCUT2D eigenvalue weighted by atomic mass is 19.1. The van der Waals surface area contributed by atoms with Gasteiger partial charge < -0.3 is 15.0 Å². The fourth-order valence-corrected chi connectivity index (χ4v) is 3.14. The molecule has 4 aromatic rings. The number of benzene rings is 2. The third kappa shape index (κ3) is 4.61. The van der Waals surface area contributed by atoms with Crippen molar-refractivity contribution in [1.82, 2.24) is 14.9 Å². The van der Waals surface area contributed by atoms with Crippen LogP contribution in [0.3, 0.4) is 0 Å². The lowest BCUT2D eigenvalue weighted by Crippen LogP contribution is -2.21. The summed E-state index contributed by atoms with van der Waals surface area (Å²) in [5, 5.41) is 4.05. The van der Waals surface area contributed by atoms with Gasteiger partial charge in [0.1, 0.15) is 17.3 Å². The van der Waals surface area contributed by atoms with Gasteiger partial charge in [-0.15, -0.1) is 0 Å². The summed E-state index contributed by atoms with van der Waals surface area (Å²) in [5.74, 6) is 0.298. The summed E-state index contributed by atoms with van der Waals surface area (Å²) in [6.45, 7) is 1.90. The maximum atomic E-state index is 14.3. The molecular weight excluding hydrogens is 395 g/mol. The Bertz CT molecular complexity index is 1260. The van der Waals surface area contributed by atoms with Crippen molar-refractivity contribution in [2.45, 2.75) is 6.92 Å². The molecule has 0 radical (unpaired) electrons. The molecule has 0 aliphatic rings. The summed E-state index contributed by atoms with van der Waals surface area (Å²) >= 11 is 0. The number of hydrogen-bond acceptors (Lipinski definition) is 5. The van der Waals surface area contributed by atoms with Crippen molar-refractivity contribution in [2.24, 2.45) is 0 Å². The summed E-state index contributed by atoms with van der Waals surface area (Å²) in [7, 11) is 3.38. The molecule has 0 unspecified atom stereocenters. The molecule has 156 valence electrons. The van der Waals surface area contributed by atoms with Crippen LogP contribution in [0.1, 0.15) is 16.1 Å². The molecule has 2 aromatic carbocycles. The molecule has 0 saturated heterocycles. The Morgan fingerprint density at radius 2 is 1.77 bits per heavy atom.